The molecule has 0 aliphatic carbocycles. The maximum absolute atomic E-state index is 13.6. The number of anilines is 1. The first-order valence-corrected chi connectivity index (χ1v) is 11.9. The Bertz CT molecular complexity index is 1290. The second kappa shape index (κ2) is 8.73. The second-order valence-electron chi connectivity index (χ2n) is 9.59. The Morgan fingerprint density at radius 1 is 1.18 bits per heavy atom. The highest BCUT2D eigenvalue weighted by Gasteiger charge is 2.34. The lowest BCUT2D eigenvalue weighted by atomic mass is 9.96. The lowest BCUT2D eigenvalue weighted by Crippen LogP contribution is -2.39. The zero-order valence-electron chi connectivity index (χ0n) is 19.9. The average molecular weight is 459 g/mol. The predicted octanol–water partition coefficient (Wildman–Crippen LogP) is 3.34. The molecule has 1 amide bonds. The first kappa shape index (κ1) is 22.4. The molecular formula is C26H30N6O2. The average Bonchev–Trinajstić information content (AvgIpc) is 3.42. The molecule has 3 aromatic rings. The van der Waals surface area contributed by atoms with Crippen LogP contribution in [0.3, 0.4) is 0 Å². The molecule has 8 heteroatoms. The SMILES string of the molecule is Cc1cn2nc(C3CCCCN3C(=O)c3cccc(C)c3C)cc2nc1N1CC(O)C(C#N)C1. The molecule has 1 N–H and O–H groups in total. The van der Waals surface area contributed by atoms with Gasteiger partial charge in [0.25, 0.3) is 5.91 Å². The molecule has 2 aliphatic heterocycles. The van der Waals surface area contributed by atoms with Crippen molar-refractivity contribution in [1.29, 1.82) is 5.26 Å². The molecular weight excluding hydrogens is 428 g/mol. The summed E-state index contributed by atoms with van der Waals surface area (Å²) in [6.07, 6.45) is 4.17. The number of aliphatic hydroxyl groups is 1. The molecule has 2 saturated heterocycles. The molecule has 1 aromatic carbocycles. The fourth-order valence-electron chi connectivity index (χ4n) is 5.21. The number of likely N-dealkylation sites (tertiary alicyclic amines) is 1. The van der Waals surface area contributed by atoms with Crippen molar-refractivity contribution < 1.29 is 9.90 Å². The topological polar surface area (TPSA) is 97.8 Å². The van der Waals surface area contributed by atoms with E-state index in [1.165, 1.54) is 0 Å². The van der Waals surface area contributed by atoms with Gasteiger partial charge in [-0.3, -0.25) is 4.79 Å². The van der Waals surface area contributed by atoms with Crippen molar-refractivity contribution in [3.05, 3.63) is 58.4 Å². The van der Waals surface area contributed by atoms with Gasteiger partial charge in [0.2, 0.25) is 0 Å². The smallest absolute Gasteiger partial charge is 0.254 e. The molecule has 176 valence electrons. The van der Waals surface area contributed by atoms with Crippen LogP contribution in [-0.4, -0.2) is 56.2 Å². The number of amides is 1. The highest BCUT2D eigenvalue weighted by atomic mass is 16.3. The molecule has 0 saturated carbocycles. The number of nitrogens with zero attached hydrogens (tertiary/aromatic N) is 6. The van der Waals surface area contributed by atoms with Gasteiger partial charge in [0, 0.05) is 43.0 Å². The Balaban J connectivity index is 1.47. The van der Waals surface area contributed by atoms with Crippen molar-refractivity contribution in [1.82, 2.24) is 19.5 Å². The lowest BCUT2D eigenvalue weighted by Gasteiger charge is -2.35. The van der Waals surface area contributed by atoms with E-state index in [1.807, 2.05) is 61.0 Å². The minimum Gasteiger partial charge on any atom is -0.390 e. The lowest BCUT2D eigenvalue weighted by molar-refractivity contribution is 0.0605. The molecule has 0 bridgehead atoms. The van der Waals surface area contributed by atoms with E-state index >= 15 is 0 Å². The Morgan fingerprint density at radius 2 is 2.00 bits per heavy atom. The summed E-state index contributed by atoms with van der Waals surface area (Å²) in [6, 6.07) is 9.94. The zero-order chi connectivity index (χ0) is 24.0. The van der Waals surface area contributed by atoms with Crippen LogP contribution in [0.15, 0.2) is 30.5 Å². The standard InChI is InChI=1S/C26H30N6O2/c1-16-7-6-8-20(18(16)3)26(34)31-10-5-4-9-22(31)21-11-24-28-25(17(2)13-32(24)29-21)30-14-19(12-27)23(33)15-30/h6-8,11,13,19,22-23,33H,4-5,9-10,14-15H2,1-3H3. The van der Waals surface area contributed by atoms with Crippen molar-refractivity contribution in [2.75, 3.05) is 24.5 Å². The summed E-state index contributed by atoms with van der Waals surface area (Å²) >= 11 is 0. The van der Waals surface area contributed by atoms with Gasteiger partial charge in [0.15, 0.2) is 5.65 Å². The maximum Gasteiger partial charge on any atom is 0.254 e. The number of aryl methyl sites for hydroxylation is 2. The van der Waals surface area contributed by atoms with E-state index in [1.54, 1.807) is 4.52 Å². The van der Waals surface area contributed by atoms with Crippen LogP contribution in [0.5, 0.6) is 0 Å². The van der Waals surface area contributed by atoms with Crippen molar-refractivity contribution in [2.24, 2.45) is 5.92 Å². The van der Waals surface area contributed by atoms with E-state index in [4.69, 9.17) is 10.1 Å². The van der Waals surface area contributed by atoms with Gasteiger partial charge in [-0.15, -0.1) is 0 Å². The van der Waals surface area contributed by atoms with Gasteiger partial charge in [0.1, 0.15) is 5.82 Å². The monoisotopic (exact) mass is 458 g/mol. The Labute approximate surface area is 199 Å². The predicted molar refractivity (Wildman–Crippen MR) is 129 cm³/mol. The number of hydrogen-bond acceptors (Lipinski definition) is 6. The number of benzene rings is 1. The number of aromatic nitrogens is 3. The number of carbonyl (C=O) groups is 1. The summed E-state index contributed by atoms with van der Waals surface area (Å²) in [7, 11) is 0. The highest BCUT2D eigenvalue weighted by Crippen LogP contribution is 2.33. The van der Waals surface area contributed by atoms with E-state index in [-0.39, 0.29) is 11.9 Å². The second-order valence-corrected chi connectivity index (χ2v) is 9.59. The number of hydrogen-bond donors (Lipinski definition) is 1. The van der Waals surface area contributed by atoms with Crippen molar-refractivity contribution in [3.63, 3.8) is 0 Å². The van der Waals surface area contributed by atoms with Crippen LogP contribution in [0.4, 0.5) is 5.82 Å². The Hall–Kier alpha value is -3.44. The van der Waals surface area contributed by atoms with Crippen molar-refractivity contribution >= 4 is 17.4 Å². The first-order valence-electron chi connectivity index (χ1n) is 11.9. The molecule has 2 aliphatic rings. The van der Waals surface area contributed by atoms with Crippen LogP contribution >= 0.6 is 0 Å². The summed E-state index contributed by atoms with van der Waals surface area (Å²) in [5, 5.41) is 24.3. The van der Waals surface area contributed by atoms with Gasteiger partial charge in [-0.25, -0.2) is 9.50 Å². The summed E-state index contributed by atoms with van der Waals surface area (Å²) in [5.41, 5.74) is 5.38. The van der Waals surface area contributed by atoms with E-state index in [0.717, 1.165) is 53.0 Å². The van der Waals surface area contributed by atoms with Crippen LogP contribution in [0.1, 0.15) is 58.0 Å². The quantitative estimate of drug-likeness (QED) is 0.646. The van der Waals surface area contributed by atoms with E-state index in [2.05, 4.69) is 6.07 Å². The van der Waals surface area contributed by atoms with Gasteiger partial charge in [0.05, 0.1) is 29.8 Å². The fraction of sp³-hybridized carbons (Fsp3) is 0.462. The molecule has 3 unspecified atom stereocenters. The largest absolute Gasteiger partial charge is 0.390 e. The highest BCUT2D eigenvalue weighted by molar-refractivity contribution is 5.96. The molecule has 2 aromatic heterocycles. The maximum atomic E-state index is 13.6. The summed E-state index contributed by atoms with van der Waals surface area (Å²) < 4.78 is 1.78. The van der Waals surface area contributed by atoms with Crippen LogP contribution < -0.4 is 4.90 Å². The Kier molecular flexibility index (Phi) is 5.74. The van der Waals surface area contributed by atoms with E-state index < -0.39 is 12.0 Å². The van der Waals surface area contributed by atoms with Crippen LogP contribution in [0.2, 0.25) is 0 Å². The van der Waals surface area contributed by atoms with Gasteiger partial charge in [-0.2, -0.15) is 10.4 Å². The molecule has 34 heavy (non-hydrogen) atoms. The molecule has 3 atom stereocenters. The summed E-state index contributed by atoms with van der Waals surface area (Å²) in [5.74, 6) is 0.411. The van der Waals surface area contributed by atoms with Gasteiger partial charge >= 0.3 is 0 Å². The third kappa shape index (κ3) is 3.80. The third-order valence-electron chi connectivity index (χ3n) is 7.32. The van der Waals surface area contributed by atoms with Crippen molar-refractivity contribution in [2.45, 2.75) is 52.2 Å². The number of rotatable bonds is 3. The number of carbonyl (C=O) groups excluding carboxylic acids is 1. The number of aliphatic hydroxyl groups excluding tert-OH is 1. The van der Waals surface area contributed by atoms with Gasteiger partial charge < -0.3 is 14.9 Å². The van der Waals surface area contributed by atoms with E-state index in [0.29, 0.717) is 25.3 Å². The minimum atomic E-state index is -0.671. The molecule has 4 heterocycles. The third-order valence-corrected chi connectivity index (χ3v) is 7.32. The zero-order valence-corrected chi connectivity index (χ0v) is 19.9. The number of fused-ring (bicyclic) bond motifs is 1. The number of piperidine rings is 1. The van der Waals surface area contributed by atoms with Crippen LogP contribution in [0, 0.1) is 38.0 Å². The van der Waals surface area contributed by atoms with Gasteiger partial charge in [-0.05, 0) is 57.2 Å². The molecule has 8 nitrogen and oxygen atoms in total. The molecule has 2 fully saturated rings. The summed E-state index contributed by atoms with van der Waals surface area (Å²) in [6.45, 7) is 7.57. The van der Waals surface area contributed by atoms with E-state index in [9.17, 15) is 15.2 Å². The fourth-order valence-corrected chi connectivity index (χ4v) is 5.21. The van der Waals surface area contributed by atoms with Crippen molar-refractivity contribution in [3.8, 4) is 6.07 Å². The molecule has 0 spiro atoms. The van der Waals surface area contributed by atoms with Crippen LogP contribution in [0.25, 0.3) is 5.65 Å². The summed E-state index contributed by atoms with van der Waals surface area (Å²) in [4.78, 5) is 22.3. The minimum absolute atomic E-state index is 0.0568. The number of β-amino-alcohol motifs (C(OH)–C–C–N with tert-alkyl or cyclic N) is 1. The molecule has 0 radical (unpaired) electrons. The Morgan fingerprint density at radius 3 is 2.76 bits per heavy atom. The van der Waals surface area contributed by atoms with Crippen LogP contribution in [-0.2, 0) is 0 Å². The van der Waals surface area contributed by atoms with Gasteiger partial charge in [-0.1, -0.05) is 12.1 Å². The normalized spacial score (nSPS) is 22.9. The molecule has 5 rings (SSSR count). The number of nitriles is 1. The first-order chi connectivity index (χ1) is 16.4.